The lowest BCUT2D eigenvalue weighted by Crippen LogP contribution is -2.00. The number of aryl methyl sites for hydroxylation is 2. The van der Waals surface area contributed by atoms with E-state index in [2.05, 4.69) is 16.3 Å². The van der Waals surface area contributed by atoms with Gasteiger partial charge in [0.15, 0.2) is 0 Å². The fourth-order valence-corrected chi connectivity index (χ4v) is 3.02. The summed E-state index contributed by atoms with van der Waals surface area (Å²) in [5.41, 5.74) is 2.82. The molecule has 0 spiro atoms. The van der Waals surface area contributed by atoms with Crippen LogP contribution in [0.4, 0.5) is 5.69 Å². The van der Waals surface area contributed by atoms with Crippen LogP contribution in [0.15, 0.2) is 52.1 Å². The maximum atomic E-state index is 10.8. The van der Waals surface area contributed by atoms with Gasteiger partial charge in [-0.25, -0.2) is 0 Å². The molecule has 2 aromatic carbocycles. The molecule has 0 aliphatic rings. The molecule has 0 saturated carbocycles. The first-order valence-corrected chi connectivity index (χ1v) is 8.92. The second kappa shape index (κ2) is 8.01. The fraction of sp³-hybridized carbons (Fsp3) is 0.222. The van der Waals surface area contributed by atoms with E-state index in [1.54, 1.807) is 12.1 Å². The van der Waals surface area contributed by atoms with E-state index in [4.69, 9.17) is 9.15 Å². The summed E-state index contributed by atoms with van der Waals surface area (Å²) in [4.78, 5) is 10.4. The van der Waals surface area contributed by atoms with Gasteiger partial charge in [-0.2, -0.15) is 0 Å². The van der Waals surface area contributed by atoms with E-state index in [0.717, 1.165) is 16.9 Å². The molecule has 3 rings (SSSR count). The van der Waals surface area contributed by atoms with Gasteiger partial charge in [0.05, 0.1) is 11.5 Å². The molecule has 134 valence electrons. The largest absolute Gasteiger partial charge is 0.493 e. The highest BCUT2D eigenvalue weighted by Crippen LogP contribution is 2.26. The van der Waals surface area contributed by atoms with Crippen LogP contribution in [0, 0.1) is 24.0 Å². The zero-order valence-corrected chi connectivity index (χ0v) is 15.2. The molecule has 0 N–H and O–H groups in total. The Morgan fingerprint density at radius 3 is 2.65 bits per heavy atom. The van der Waals surface area contributed by atoms with Gasteiger partial charge in [-0.15, -0.1) is 10.2 Å². The molecule has 1 heterocycles. The molecular formula is C18H17N3O4S. The summed E-state index contributed by atoms with van der Waals surface area (Å²) in [7, 11) is 0. The third-order valence-corrected chi connectivity index (χ3v) is 4.27. The highest BCUT2D eigenvalue weighted by molar-refractivity contribution is 7.99. The quantitative estimate of drug-likeness (QED) is 0.262. The number of thioether (sulfide) groups is 1. The summed E-state index contributed by atoms with van der Waals surface area (Å²) in [6.45, 7) is 4.56. The van der Waals surface area contributed by atoms with Crippen molar-refractivity contribution in [3.63, 3.8) is 0 Å². The monoisotopic (exact) mass is 371 g/mol. The normalized spacial score (nSPS) is 10.7. The van der Waals surface area contributed by atoms with Gasteiger partial charge in [-0.1, -0.05) is 23.9 Å². The van der Waals surface area contributed by atoms with Gasteiger partial charge in [0.2, 0.25) is 5.89 Å². The SMILES string of the molecule is Cc1cc(C)cc(OCCSc2nnc(-c3cccc([N+](=O)[O-])c3)o2)c1. The number of aromatic nitrogens is 2. The second-order valence-electron chi connectivity index (χ2n) is 5.70. The standard InChI is InChI=1S/C18H17N3O4S/c1-12-8-13(2)10-16(9-12)24-6-7-26-18-20-19-17(25-18)14-4-3-5-15(11-14)21(22)23/h3-5,8-11H,6-7H2,1-2H3. The Kier molecular flexibility index (Phi) is 5.52. The fourth-order valence-electron chi connectivity index (χ4n) is 2.44. The van der Waals surface area contributed by atoms with Crippen molar-refractivity contribution in [1.29, 1.82) is 0 Å². The third kappa shape index (κ3) is 4.60. The third-order valence-electron chi connectivity index (χ3n) is 3.48. The molecule has 0 fully saturated rings. The summed E-state index contributed by atoms with van der Waals surface area (Å²) in [5, 5.41) is 19.1. The number of nitro groups is 1. The molecule has 0 saturated heterocycles. The van der Waals surface area contributed by atoms with Gasteiger partial charge < -0.3 is 9.15 Å². The number of non-ortho nitro benzene ring substituents is 1. The van der Waals surface area contributed by atoms with Crippen molar-refractivity contribution in [3.05, 3.63) is 63.7 Å². The molecule has 26 heavy (non-hydrogen) atoms. The van der Waals surface area contributed by atoms with Gasteiger partial charge >= 0.3 is 0 Å². The van der Waals surface area contributed by atoms with Crippen LogP contribution in [0.25, 0.3) is 11.5 Å². The van der Waals surface area contributed by atoms with E-state index in [0.29, 0.717) is 23.1 Å². The Bertz CT molecular complexity index is 906. The van der Waals surface area contributed by atoms with Crippen molar-refractivity contribution >= 4 is 17.4 Å². The van der Waals surface area contributed by atoms with Crippen LogP contribution in [-0.4, -0.2) is 27.5 Å². The lowest BCUT2D eigenvalue weighted by atomic mass is 10.1. The average molecular weight is 371 g/mol. The number of ether oxygens (including phenoxy) is 1. The van der Waals surface area contributed by atoms with E-state index in [9.17, 15) is 10.1 Å². The van der Waals surface area contributed by atoms with Crippen LogP contribution in [0.2, 0.25) is 0 Å². The van der Waals surface area contributed by atoms with Gasteiger partial charge in [-0.05, 0) is 43.2 Å². The van der Waals surface area contributed by atoms with Crippen molar-refractivity contribution < 1.29 is 14.1 Å². The minimum Gasteiger partial charge on any atom is -0.493 e. The molecule has 0 bridgehead atoms. The van der Waals surface area contributed by atoms with Gasteiger partial charge in [0.25, 0.3) is 10.9 Å². The second-order valence-corrected chi connectivity index (χ2v) is 6.75. The number of nitrogens with zero attached hydrogens (tertiary/aromatic N) is 3. The topological polar surface area (TPSA) is 91.3 Å². The smallest absolute Gasteiger partial charge is 0.276 e. The summed E-state index contributed by atoms with van der Waals surface area (Å²) >= 11 is 1.37. The first-order chi connectivity index (χ1) is 12.5. The summed E-state index contributed by atoms with van der Waals surface area (Å²) in [5.74, 6) is 1.74. The molecule has 0 atom stereocenters. The summed E-state index contributed by atoms with van der Waals surface area (Å²) in [6.07, 6.45) is 0. The molecule has 0 unspecified atom stereocenters. The van der Waals surface area contributed by atoms with Crippen LogP contribution in [0.1, 0.15) is 11.1 Å². The minimum absolute atomic E-state index is 0.0169. The predicted molar refractivity (Wildman–Crippen MR) is 98.5 cm³/mol. The molecule has 7 nitrogen and oxygen atoms in total. The first-order valence-electron chi connectivity index (χ1n) is 7.93. The highest BCUT2D eigenvalue weighted by Gasteiger charge is 2.13. The molecular weight excluding hydrogens is 354 g/mol. The molecule has 0 amide bonds. The van der Waals surface area contributed by atoms with Gasteiger partial charge in [0, 0.05) is 23.4 Å². The van der Waals surface area contributed by atoms with Crippen LogP contribution in [0.5, 0.6) is 5.75 Å². The molecule has 0 aliphatic heterocycles. The average Bonchev–Trinajstić information content (AvgIpc) is 3.07. The van der Waals surface area contributed by atoms with Gasteiger partial charge in [-0.3, -0.25) is 10.1 Å². The number of rotatable bonds is 7. The van der Waals surface area contributed by atoms with Crippen LogP contribution >= 0.6 is 11.8 Å². The maximum absolute atomic E-state index is 10.8. The van der Waals surface area contributed by atoms with E-state index >= 15 is 0 Å². The molecule has 0 radical (unpaired) electrons. The van der Waals surface area contributed by atoms with Crippen molar-refractivity contribution in [3.8, 4) is 17.2 Å². The van der Waals surface area contributed by atoms with E-state index < -0.39 is 4.92 Å². The van der Waals surface area contributed by atoms with E-state index in [-0.39, 0.29) is 11.6 Å². The lowest BCUT2D eigenvalue weighted by molar-refractivity contribution is -0.384. The molecule has 8 heteroatoms. The van der Waals surface area contributed by atoms with Crippen molar-refractivity contribution in [2.75, 3.05) is 12.4 Å². The van der Waals surface area contributed by atoms with E-state index in [1.165, 1.54) is 23.9 Å². The predicted octanol–water partition coefficient (Wildman–Crippen LogP) is 4.43. The minimum atomic E-state index is -0.458. The number of benzene rings is 2. The van der Waals surface area contributed by atoms with Crippen LogP contribution in [0.3, 0.4) is 0 Å². The van der Waals surface area contributed by atoms with Crippen LogP contribution in [-0.2, 0) is 0 Å². The Morgan fingerprint density at radius 1 is 1.15 bits per heavy atom. The number of nitro benzene ring substituents is 1. The molecule has 0 aliphatic carbocycles. The van der Waals surface area contributed by atoms with Crippen molar-refractivity contribution in [1.82, 2.24) is 10.2 Å². The summed E-state index contributed by atoms with van der Waals surface area (Å²) < 4.78 is 11.3. The number of hydrogen-bond donors (Lipinski definition) is 0. The molecule has 1 aromatic heterocycles. The number of hydrogen-bond acceptors (Lipinski definition) is 7. The Balaban J connectivity index is 1.55. The Hall–Kier alpha value is -2.87. The van der Waals surface area contributed by atoms with Gasteiger partial charge in [0.1, 0.15) is 5.75 Å². The zero-order valence-electron chi connectivity index (χ0n) is 14.3. The van der Waals surface area contributed by atoms with Crippen molar-refractivity contribution in [2.24, 2.45) is 0 Å². The molecule has 3 aromatic rings. The van der Waals surface area contributed by atoms with E-state index in [1.807, 2.05) is 26.0 Å². The van der Waals surface area contributed by atoms with Crippen molar-refractivity contribution in [2.45, 2.75) is 19.1 Å². The van der Waals surface area contributed by atoms with Crippen LogP contribution < -0.4 is 4.74 Å². The highest BCUT2D eigenvalue weighted by atomic mass is 32.2. The zero-order chi connectivity index (χ0) is 18.5. The Labute approximate surface area is 154 Å². The summed E-state index contributed by atoms with van der Waals surface area (Å²) in [6, 6.07) is 12.2. The lowest BCUT2D eigenvalue weighted by Gasteiger charge is -2.07. The maximum Gasteiger partial charge on any atom is 0.276 e. The first kappa shape index (κ1) is 17.9. The Morgan fingerprint density at radius 2 is 1.92 bits per heavy atom.